The van der Waals surface area contributed by atoms with E-state index >= 15 is 0 Å². The average Bonchev–Trinajstić information content (AvgIpc) is 2.75. The molecule has 2 rings (SSSR count). The van der Waals surface area contributed by atoms with Gasteiger partial charge in [-0.25, -0.2) is 0 Å². The van der Waals surface area contributed by atoms with Crippen LogP contribution in [0.15, 0.2) is 22.7 Å². The second kappa shape index (κ2) is 6.56. The molecule has 0 radical (unpaired) electrons. The molecule has 1 aromatic carbocycles. The number of hydrogen-bond acceptors (Lipinski definition) is 4. The van der Waals surface area contributed by atoms with E-state index in [1.807, 2.05) is 32.0 Å². The van der Waals surface area contributed by atoms with Gasteiger partial charge in [-0.3, -0.25) is 4.79 Å². The third-order valence-corrected chi connectivity index (χ3v) is 4.74. The second-order valence-corrected chi connectivity index (χ2v) is 6.34. The summed E-state index contributed by atoms with van der Waals surface area (Å²) in [6.07, 6.45) is -0.00807. The molecule has 0 aliphatic heterocycles. The van der Waals surface area contributed by atoms with Gasteiger partial charge >= 0.3 is 0 Å². The van der Waals surface area contributed by atoms with Gasteiger partial charge < -0.3 is 15.8 Å². The Bertz CT molecular complexity index is 627. The Morgan fingerprint density at radius 2 is 2.30 bits per heavy atom. The number of rotatable bonds is 5. The van der Waals surface area contributed by atoms with E-state index < -0.39 is 0 Å². The van der Waals surface area contributed by atoms with E-state index in [-0.39, 0.29) is 12.0 Å². The fourth-order valence-electron chi connectivity index (χ4n) is 1.96. The predicted octanol–water partition coefficient (Wildman–Crippen LogP) is 3.40. The molecule has 3 N–H and O–H groups in total. The molecule has 0 fully saturated rings. The van der Waals surface area contributed by atoms with Crippen molar-refractivity contribution in [2.75, 3.05) is 18.9 Å². The summed E-state index contributed by atoms with van der Waals surface area (Å²) in [5, 5.41) is 3.76. The van der Waals surface area contributed by atoms with Crippen molar-refractivity contribution in [3.8, 4) is 0 Å². The SMILES string of the molecule is CCOC(C)CNC(=O)c1sc2cccc(Br)c2c1N. The van der Waals surface area contributed by atoms with Crippen LogP contribution in [0.4, 0.5) is 5.69 Å². The zero-order chi connectivity index (χ0) is 14.7. The number of nitrogen functional groups attached to an aromatic ring is 1. The first kappa shape index (κ1) is 15.3. The molecule has 1 atom stereocenters. The molecular formula is C14H17BrN2O2S. The highest BCUT2D eigenvalue weighted by Crippen LogP contribution is 2.37. The Labute approximate surface area is 130 Å². The Kier molecular flexibility index (Phi) is 5.01. The van der Waals surface area contributed by atoms with Gasteiger partial charge in [0, 0.05) is 27.7 Å². The maximum Gasteiger partial charge on any atom is 0.263 e. The van der Waals surface area contributed by atoms with Crippen molar-refractivity contribution in [3.63, 3.8) is 0 Å². The van der Waals surface area contributed by atoms with Crippen molar-refractivity contribution in [3.05, 3.63) is 27.5 Å². The van der Waals surface area contributed by atoms with E-state index in [1.165, 1.54) is 11.3 Å². The first-order valence-electron chi connectivity index (χ1n) is 6.40. The average molecular weight is 357 g/mol. The monoisotopic (exact) mass is 356 g/mol. The van der Waals surface area contributed by atoms with E-state index in [4.69, 9.17) is 10.5 Å². The number of ether oxygens (including phenoxy) is 1. The number of fused-ring (bicyclic) bond motifs is 1. The summed E-state index contributed by atoms with van der Waals surface area (Å²) in [5.41, 5.74) is 6.62. The second-order valence-electron chi connectivity index (χ2n) is 4.43. The molecule has 6 heteroatoms. The lowest BCUT2D eigenvalue weighted by molar-refractivity contribution is 0.0697. The number of anilines is 1. The molecule has 1 amide bonds. The number of hydrogen-bond donors (Lipinski definition) is 2. The fourth-order valence-corrected chi connectivity index (χ4v) is 3.73. The summed E-state index contributed by atoms with van der Waals surface area (Å²) in [4.78, 5) is 12.8. The quantitative estimate of drug-likeness (QED) is 0.862. The molecule has 0 saturated heterocycles. The Hall–Kier alpha value is -1.11. The number of nitrogens with one attached hydrogen (secondary N) is 1. The maximum atomic E-state index is 12.2. The summed E-state index contributed by atoms with van der Waals surface area (Å²) in [5.74, 6) is -0.151. The van der Waals surface area contributed by atoms with E-state index in [0.29, 0.717) is 23.7 Å². The molecule has 4 nitrogen and oxygen atoms in total. The van der Waals surface area contributed by atoms with E-state index in [1.54, 1.807) is 0 Å². The van der Waals surface area contributed by atoms with Crippen LogP contribution in [0.3, 0.4) is 0 Å². The third kappa shape index (κ3) is 3.13. The highest BCUT2D eigenvalue weighted by molar-refractivity contribution is 9.10. The van der Waals surface area contributed by atoms with Crippen molar-refractivity contribution < 1.29 is 9.53 Å². The van der Waals surface area contributed by atoms with Crippen LogP contribution in [0, 0.1) is 0 Å². The van der Waals surface area contributed by atoms with Crippen LogP contribution in [-0.4, -0.2) is 25.2 Å². The van der Waals surface area contributed by atoms with Gasteiger partial charge in [0.05, 0.1) is 11.8 Å². The molecule has 0 bridgehead atoms. The van der Waals surface area contributed by atoms with Crippen LogP contribution >= 0.6 is 27.3 Å². The highest BCUT2D eigenvalue weighted by atomic mass is 79.9. The minimum atomic E-state index is -0.151. The molecule has 0 aliphatic rings. The van der Waals surface area contributed by atoms with Gasteiger partial charge in [0.1, 0.15) is 4.88 Å². The minimum absolute atomic E-state index is 0.00807. The van der Waals surface area contributed by atoms with Crippen molar-refractivity contribution in [2.24, 2.45) is 0 Å². The molecule has 1 unspecified atom stereocenters. The maximum absolute atomic E-state index is 12.2. The molecule has 108 valence electrons. The van der Waals surface area contributed by atoms with Crippen LogP contribution in [0.5, 0.6) is 0 Å². The van der Waals surface area contributed by atoms with E-state index in [0.717, 1.165) is 14.6 Å². The van der Waals surface area contributed by atoms with Crippen molar-refractivity contribution >= 4 is 48.9 Å². The Morgan fingerprint density at radius 1 is 1.55 bits per heavy atom. The predicted molar refractivity (Wildman–Crippen MR) is 87.4 cm³/mol. The van der Waals surface area contributed by atoms with Gasteiger partial charge in [-0.1, -0.05) is 22.0 Å². The molecule has 0 aliphatic carbocycles. The van der Waals surface area contributed by atoms with E-state index in [9.17, 15) is 4.79 Å². The zero-order valence-electron chi connectivity index (χ0n) is 11.4. The summed E-state index contributed by atoms with van der Waals surface area (Å²) < 4.78 is 7.29. The van der Waals surface area contributed by atoms with Crippen LogP contribution in [0.25, 0.3) is 10.1 Å². The van der Waals surface area contributed by atoms with Crippen molar-refractivity contribution in [1.82, 2.24) is 5.32 Å². The zero-order valence-corrected chi connectivity index (χ0v) is 13.8. The van der Waals surface area contributed by atoms with Crippen LogP contribution < -0.4 is 11.1 Å². The number of halogens is 1. The molecular weight excluding hydrogens is 340 g/mol. The fraction of sp³-hybridized carbons (Fsp3) is 0.357. The molecule has 2 aromatic rings. The Balaban J connectivity index is 2.19. The van der Waals surface area contributed by atoms with Gasteiger partial charge in [0.2, 0.25) is 0 Å². The number of carbonyl (C=O) groups excluding carboxylic acids is 1. The summed E-state index contributed by atoms with van der Waals surface area (Å²) in [6.45, 7) is 4.96. The number of amides is 1. The number of thiophene rings is 1. The van der Waals surface area contributed by atoms with Crippen LogP contribution in [-0.2, 0) is 4.74 Å². The van der Waals surface area contributed by atoms with Crippen molar-refractivity contribution in [1.29, 1.82) is 0 Å². The summed E-state index contributed by atoms with van der Waals surface area (Å²) in [6, 6.07) is 5.81. The lowest BCUT2D eigenvalue weighted by Gasteiger charge is -2.12. The lowest BCUT2D eigenvalue weighted by Crippen LogP contribution is -2.32. The molecule has 20 heavy (non-hydrogen) atoms. The number of carbonyl (C=O) groups is 1. The lowest BCUT2D eigenvalue weighted by atomic mass is 10.2. The van der Waals surface area contributed by atoms with Gasteiger partial charge in [-0.2, -0.15) is 0 Å². The normalized spacial score (nSPS) is 12.6. The molecule has 0 saturated carbocycles. The van der Waals surface area contributed by atoms with Gasteiger partial charge in [-0.05, 0) is 26.0 Å². The minimum Gasteiger partial charge on any atom is -0.397 e. The molecule has 0 spiro atoms. The third-order valence-electron chi connectivity index (χ3n) is 2.91. The smallest absolute Gasteiger partial charge is 0.263 e. The first-order chi connectivity index (χ1) is 9.54. The van der Waals surface area contributed by atoms with Crippen molar-refractivity contribution in [2.45, 2.75) is 20.0 Å². The number of nitrogens with two attached hydrogens (primary N) is 1. The summed E-state index contributed by atoms with van der Waals surface area (Å²) in [7, 11) is 0. The number of benzene rings is 1. The largest absolute Gasteiger partial charge is 0.397 e. The molecule has 1 aromatic heterocycles. The van der Waals surface area contributed by atoms with Gasteiger partial charge in [0.15, 0.2) is 0 Å². The van der Waals surface area contributed by atoms with Crippen LogP contribution in [0.2, 0.25) is 0 Å². The first-order valence-corrected chi connectivity index (χ1v) is 8.01. The van der Waals surface area contributed by atoms with Crippen LogP contribution in [0.1, 0.15) is 23.5 Å². The standard InChI is InChI=1S/C14H17BrN2O2S/c1-3-19-8(2)7-17-14(18)13-12(16)11-9(15)5-4-6-10(11)20-13/h4-6,8H,3,7,16H2,1-2H3,(H,17,18). The summed E-state index contributed by atoms with van der Waals surface area (Å²) >= 11 is 4.87. The highest BCUT2D eigenvalue weighted by Gasteiger charge is 2.18. The topological polar surface area (TPSA) is 64.3 Å². The van der Waals surface area contributed by atoms with Gasteiger partial charge in [-0.15, -0.1) is 11.3 Å². The molecule has 1 heterocycles. The Morgan fingerprint density at radius 3 is 2.95 bits per heavy atom. The van der Waals surface area contributed by atoms with E-state index in [2.05, 4.69) is 21.2 Å². The van der Waals surface area contributed by atoms with Gasteiger partial charge in [0.25, 0.3) is 5.91 Å².